The van der Waals surface area contributed by atoms with Gasteiger partial charge in [-0.3, -0.25) is 4.98 Å². The van der Waals surface area contributed by atoms with Crippen molar-refractivity contribution >= 4 is 14.3 Å². The van der Waals surface area contributed by atoms with Crippen LogP contribution in [0.5, 0.6) is 0 Å². The first-order chi connectivity index (χ1) is 14.2. The van der Waals surface area contributed by atoms with Crippen LogP contribution in [0.3, 0.4) is 0 Å². The van der Waals surface area contributed by atoms with Gasteiger partial charge in [0.1, 0.15) is 0 Å². The number of hydrogen-bond donors (Lipinski definition) is 1. The van der Waals surface area contributed by atoms with Gasteiger partial charge in [-0.05, 0) is 23.3 Å². The van der Waals surface area contributed by atoms with Crippen molar-refractivity contribution in [3.8, 4) is 0 Å². The molecule has 0 amide bonds. The van der Waals surface area contributed by atoms with Crippen molar-refractivity contribution in [2.24, 2.45) is 0 Å². The molecule has 1 heterocycles. The summed E-state index contributed by atoms with van der Waals surface area (Å²) in [5, 5.41) is 11.4. The van der Waals surface area contributed by atoms with E-state index in [1.54, 1.807) is 6.20 Å². The molecule has 1 N–H and O–H groups in total. The number of aromatic nitrogens is 1. The fraction of sp³-hybridized carbons (Fsp3) is 0.0385. The maximum absolute atomic E-state index is 11.4. The second kappa shape index (κ2) is 12.3. The van der Waals surface area contributed by atoms with E-state index in [9.17, 15) is 5.11 Å². The molecule has 0 aliphatic rings. The number of nitrogens with zero attached hydrogens (tertiary/aromatic N) is 1. The first-order valence-electron chi connectivity index (χ1n) is 9.10. The van der Waals surface area contributed by atoms with Crippen molar-refractivity contribution in [2.75, 3.05) is 0 Å². The third-order valence-corrected chi connectivity index (χ3v) is 5.60. The standard InChI is InChI=1S/C18H15NO.C7H6.CH3.ClH.Ru/c20-18(15-9-3-1-4-10-15,16-11-5-2-6-12-16)17-13-7-8-14-19-17;1-7-5-3-2-4-6-7;;;/h1-14,20H;1-6H;1H3;1H;/q;;-1;;+1/p-1. The van der Waals surface area contributed by atoms with E-state index in [0.29, 0.717) is 5.69 Å². The van der Waals surface area contributed by atoms with Gasteiger partial charge in [0.25, 0.3) is 0 Å². The first kappa shape index (κ1) is 23.8. The molecular formula is C26H24ClNORu-. The summed E-state index contributed by atoms with van der Waals surface area (Å²) in [6.07, 6.45) is 1.70. The summed E-state index contributed by atoms with van der Waals surface area (Å²) in [7, 11) is 5.57. The topological polar surface area (TPSA) is 33.1 Å². The molecular weight excluding hydrogens is 479 g/mol. The fourth-order valence-electron chi connectivity index (χ4n) is 2.96. The number of pyridine rings is 1. The minimum absolute atomic E-state index is 0. The van der Waals surface area contributed by atoms with E-state index in [0.717, 1.165) is 11.1 Å². The van der Waals surface area contributed by atoms with Crippen molar-refractivity contribution in [1.82, 2.24) is 4.98 Å². The summed E-state index contributed by atoms with van der Waals surface area (Å²) in [4.78, 5) is 4.35. The molecule has 0 atom stereocenters. The zero-order valence-electron chi connectivity index (χ0n) is 16.7. The average Bonchev–Trinajstić information content (AvgIpc) is 2.82. The number of benzene rings is 3. The van der Waals surface area contributed by atoms with Gasteiger partial charge in [0.05, 0.1) is 5.69 Å². The SMILES string of the molecule is OC(c1ccccc1)(c1ccccc1)c1ccccn1.[CH3-].[Cl][Ru]=[CH]c1ccccc1. The van der Waals surface area contributed by atoms with Crippen molar-refractivity contribution in [1.29, 1.82) is 0 Å². The molecule has 0 spiro atoms. The fourth-order valence-corrected chi connectivity index (χ4v) is 4.04. The zero-order valence-corrected chi connectivity index (χ0v) is 19.2. The summed E-state index contributed by atoms with van der Waals surface area (Å²) in [6.45, 7) is 0. The molecule has 155 valence electrons. The molecule has 2 nitrogen and oxygen atoms in total. The molecule has 0 aliphatic heterocycles. The molecule has 0 saturated carbocycles. The molecule has 1 aromatic heterocycles. The van der Waals surface area contributed by atoms with Crippen molar-refractivity contribution in [2.45, 2.75) is 5.60 Å². The van der Waals surface area contributed by atoms with Gasteiger partial charge in [0.15, 0.2) is 5.60 Å². The van der Waals surface area contributed by atoms with E-state index in [1.807, 2.05) is 97.1 Å². The van der Waals surface area contributed by atoms with Crippen LogP contribution in [0.2, 0.25) is 0 Å². The number of halogens is 1. The second-order valence-electron chi connectivity index (χ2n) is 6.25. The molecule has 3 aromatic carbocycles. The Morgan fingerprint density at radius 1 is 0.700 bits per heavy atom. The van der Waals surface area contributed by atoms with Gasteiger partial charge in [0.2, 0.25) is 0 Å². The van der Waals surface area contributed by atoms with E-state index in [-0.39, 0.29) is 23.1 Å². The predicted octanol–water partition coefficient (Wildman–Crippen LogP) is 5.89. The molecule has 4 rings (SSSR count). The maximum atomic E-state index is 11.4. The van der Waals surface area contributed by atoms with E-state index in [2.05, 4.69) is 21.7 Å². The molecule has 0 fully saturated rings. The van der Waals surface area contributed by atoms with Crippen LogP contribution in [0.1, 0.15) is 22.4 Å². The third kappa shape index (κ3) is 6.03. The van der Waals surface area contributed by atoms with Crippen molar-refractivity contribution in [3.05, 3.63) is 145 Å². The van der Waals surface area contributed by atoms with Gasteiger partial charge in [-0.2, -0.15) is 0 Å². The molecule has 0 bridgehead atoms. The zero-order chi connectivity index (χ0) is 20.4. The van der Waals surface area contributed by atoms with Crippen LogP contribution in [0.15, 0.2) is 115 Å². The van der Waals surface area contributed by atoms with E-state index in [1.165, 1.54) is 5.56 Å². The summed E-state index contributed by atoms with van der Waals surface area (Å²) in [5.74, 6) is 0. The number of rotatable bonds is 4. The van der Waals surface area contributed by atoms with Crippen LogP contribution in [-0.2, 0) is 21.3 Å². The molecule has 0 saturated heterocycles. The molecule has 0 aliphatic carbocycles. The normalized spacial score (nSPS) is 10.9. The van der Waals surface area contributed by atoms with Gasteiger partial charge in [-0.1, -0.05) is 66.7 Å². The average molecular weight is 503 g/mol. The summed E-state index contributed by atoms with van der Waals surface area (Å²) >= 11 is -0.0765. The van der Waals surface area contributed by atoms with Gasteiger partial charge in [-0.25, -0.2) is 0 Å². The Morgan fingerprint density at radius 2 is 1.17 bits per heavy atom. The van der Waals surface area contributed by atoms with E-state index in [4.69, 9.17) is 9.69 Å². The van der Waals surface area contributed by atoms with Gasteiger partial charge < -0.3 is 12.5 Å². The molecule has 4 aromatic rings. The van der Waals surface area contributed by atoms with Crippen molar-refractivity contribution < 1.29 is 20.8 Å². The Labute approximate surface area is 190 Å². The van der Waals surface area contributed by atoms with Crippen LogP contribution in [0.25, 0.3) is 0 Å². The number of hydrogen-bond acceptors (Lipinski definition) is 2. The Bertz CT molecular complexity index is 913. The molecule has 30 heavy (non-hydrogen) atoms. The summed E-state index contributed by atoms with van der Waals surface area (Å²) in [6, 6.07) is 35.0. The van der Waals surface area contributed by atoms with Gasteiger partial charge >= 0.3 is 65.9 Å². The first-order valence-corrected chi connectivity index (χ1v) is 12.3. The molecule has 0 radical (unpaired) electrons. The Balaban J connectivity index is 0.000000272. The summed E-state index contributed by atoms with van der Waals surface area (Å²) in [5.41, 5.74) is 2.24. The van der Waals surface area contributed by atoms with Crippen LogP contribution < -0.4 is 0 Å². The Morgan fingerprint density at radius 3 is 1.60 bits per heavy atom. The number of aliphatic hydroxyl groups is 1. The van der Waals surface area contributed by atoms with Gasteiger partial charge in [0, 0.05) is 6.20 Å². The molecule has 0 unspecified atom stereocenters. The summed E-state index contributed by atoms with van der Waals surface area (Å²) < 4.78 is 2.06. The predicted molar refractivity (Wildman–Crippen MR) is 123 cm³/mol. The van der Waals surface area contributed by atoms with Crippen LogP contribution in [-0.4, -0.2) is 14.7 Å². The third-order valence-electron chi connectivity index (χ3n) is 4.37. The van der Waals surface area contributed by atoms with Crippen LogP contribution in [0.4, 0.5) is 0 Å². The van der Waals surface area contributed by atoms with E-state index < -0.39 is 5.60 Å². The van der Waals surface area contributed by atoms with Crippen molar-refractivity contribution in [3.63, 3.8) is 0 Å². The Kier molecular flexibility index (Phi) is 9.77. The van der Waals surface area contributed by atoms with E-state index >= 15 is 0 Å². The van der Waals surface area contributed by atoms with Gasteiger partial charge in [-0.15, -0.1) is 0 Å². The Hall–Kier alpha value is -2.45. The van der Waals surface area contributed by atoms with Crippen LogP contribution >= 0.6 is 9.69 Å². The van der Waals surface area contributed by atoms with Crippen LogP contribution in [0, 0.1) is 7.43 Å². The molecule has 4 heteroatoms. The second-order valence-corrected chi connectivity index (χ2v) is 8.04. The minimum atomic E-state index is -1.23. The monoisotopic (exact) mass is 503 g/mol. The quantitative estimate of drug-likeness (QED) is 0.279.